The van der Waals surface area contributed by atoms with Gasteiger partial charge in [-0.1, -0.05) is 42.8 Å². The van der Waals surface area contributed by atoms with Crippen molar-refractivity contribution in [3.63, 3.8) is 0 Å². The van der Waals surface area contributed by atoms with Gasteiger partial charge in [0, 0.05) is 11.4 Å². The molecular formula is C20H24N2. The molecule has 1 atom stereocenters. The molecule has 4 rings (SSSR count). The number of rotatable bonds is 1. The number of nitrogens with one attached hydrogen (secondary N) is 1. The van der Waals surface area contributed by atoms with Gasteiger partial charge in [-0.05, 0) is 61.9 Å². The molecule has 0 radical (unpaired) electrons. The zero-order valence-corrected chi connectivity index (χ0v) is 13.1. The smallest absolute Gasteiger partial charge is 0.0845 e. The van der Waals surface area contributed by atoms with Gasteiger partial charge in [0.15, 0.2) is 0 Å². The first-order chi connectivity index (χ1) is 10.9. The van der Waals surface area contributed by atoms with Crippen molar-refractivity contribution in [2.24, 2.45) is 0 Å². The number of hydrogen-bond donors (Lipinski definition) is 1. The van der Waals surface area contributed by atoms with Gasteiger partial charge in [-0.15, -0.1) is 0 Å². The van der Waals surface area contributed by atoms with Crippen molar-refractivity contribution in [2.45, 2.75) is 44.7 Å². The molecule has 0 bridgehead atoms. The Balaban J connectivity index is 1.83. The SMILES string of the molecule is c1ccc2c(c1)CCc1ccccc1N2C1CCCCCN1. The van der Waals surface area contributed by atoms with Gasteiger partial charge in [-0.25, -0.2) is 0 Å². The molecule has 0 aromatic heterocycles. The molecule has 2 aromatic carbocycles. The fraction of sp³-hybridized carbons (Fsp3) is 0.400. The molecule has 0 amide bonds. The lowest BCUT2D eigenvalue weighted by Crippen LogP contribution is -2.43. The summed E-state index contributed by atoms with van der Waals surface area (Å²) in [5.74, 6) is 0. The van der Waals surface area contributed by atoms with Crippen LogP contribution in [0.5, 0.6) is 0 Å². The van der Waals surface area contributed by atoms with E-state index in [1.54, 1.807) is 0 Å². The molecule has 2 aliphatic rings. The van der Waals surface area contributed by atoms with E-state index in [2.05, 4.69) is 58.7 Å². The standard InChI is InChI=1S/C20H24N2/c1-2-12-20(21-15-7-1)22-18-10-5-3-8-16(18)13-14-17-9-4-6-11-19(17)22/h3-6,8-11,20-21H,1-2,7,12-15H2. The highest BCUT2D eigenvalue weighted by molar-refractivity contribution is 5.71. The second kappa shape index (κ2) is 6.13. The molecule has 1 fully saturated rings. The van der Waals surface area contributed by atoms with Gasteiger partial charge >= 0.3 is 0 Å². The summed E-state index contributed by atoms with van der Waals surface area (Å²) in [6.07, 6.45) is 7.88. The average molecular weight is 292 g/mol. The quantitative estimate of drug-likeness (QED) is 0.837. The Morgan fingerprint density at radius 1 is 0.773 bits per heavy atom. The van der Waals surface area contributed by atoms with Crippen LogP contribution in [0.25, 0.3) is 0 Å². The van der Waals surface area contributed by atoms with Gasteiger partial charge in [0.1, 0.15) is 0 Å². The van der Waals surface area contributed by atoms with Crippen LogP contribution in [-0.4, -0.2) is 12.7 Å². The minimum Gasteiger partial charge on any atom is -0.325 e. The van der Waals surface area contributed by atoms with Crippen LogP contribution in [0.3, 0.4) is 0 Å². The predicted molar refractivity (Wildman–Crippen MR) is 92.7 cm³/mol. The summed E-state index contributed by atoms with van der Waals surface area (Å²) >= 11 is 0. The number of aryl methyl sites for hydroxylation is 2. The van der Waals surface area contributed by atoms with Crippen molar-refractivity contribution in [3.8, 4) is 0 Å². The van der Waals surface area contributed by atoms with Gasteiger partial charge in [-0.2, -0.15) is 0 Å². The van der Waals surface area contributed by atoms with Crippen LogP contribution in [0, 0.1) is 0 Å². The molecule has 1 N–H and O–H groups in total. The lowest BCUT2D eigenvalue weighted by molar-refractivity contribution is 0.516. The van der Waals surface area contributed by atoms with Crippen molar-refractivity contribution in [1.29, 1.82) is 0 Å². The molecule has 0 aliphatic carbocycles. The third kappa shape index (κ3) is 2.52. The Labute approximate surface area is 133 Å². The van der Waals surface area contributed by atoms with E-state index >= 15 is 0 Å². The summed E-state index contributed by atoms with van der Waals surface area (Å²) in [6, 6.07) is 17.9. The molecule has 2 heterocycles. The monoisotopic (exact) mass is 292 g/mol. The van der Waals surface area contributed by atoms with Gasteiger partial charge in [0.2, 0.25) is 0 Å². The van der Waals surface area contributed by atoms with Crippen LogP contribution in [0.15, 0.2) is 48.5 Å². The van der Waals surface area contributed by atoms with Gasteiger partial charge in [0.25, 0.3) is 0 Å². The van der Waals surface area contributed by atoms with Crippen molar-refractivity contribution in [2.75, 3.05) is 11.4 Å². The Morgan fingerprint density at radius 3 is 2.09 bits per heavy atom. The number of fused-ring (bicyclic) bond motifs is 2. The van der Waals surface area contributed by atoms with Crippen molar-refractivity contribution in [3.05, 3.63) is 59.7 Å². The van der Waals surface area contributed by atoms with E-state index in [4.69, 9.17) is 0 Å². The van der Waals surface area contributed by atoms with Gasteiger partial charge in [-0.3, -0.25) is 5.32 Å². The molecule has 2 aliphatic heterocycles. The van der Waals surface area contributed by atoms with Gasteiger partial charge in [0.05, 0.1) is 6.17 Å². The summed E-state index contributed by atoms with van der Waals surface area (Å²) in [5, 5.41) is 3.79. The van der Waals surface area contributed by atoms with Crippen LogP contribution < -0.4 is 10.2 Å². The first-order valence-corrected chi connectivity index (χ1v) is 8.62. The summed E-state index contributed by atoms with van der Waals surface area (Å²) in [5.41, 5.74) is 5.74. The maximum absolute atomic E-state index is 3.79. The first-order valence-electron chi connectivity index (χ1n) is 8.62. The fourth-order valence-electron chi connectivity index (χ4n) is 3.88. The Kier molecular flexibility index (Phi) is 3.86. The molecule has 1 unspecified atom stereocenters. The average Bonchev–Trinajstić information content (AvgIpc) is 2.92. The van der Waals surface area contributed by atoms with Crippen molar-refractivity contribution < 1.29 is 0 Å². The molecule has 2 heteroatoms. The normalized spacial score (nSPS) is 21.5. The molecule has 22 heavy (non-hydrogen) atoms. The fourth-order valence-corrected chi connectivity index (χ4v) is 3.88. The first kappa shape index (κ1) is 13.8. The van der Waals surface area contributed by atoms with Crippen LogP contribution in [0.4, 0.5) is 11.4 Å². The Morgan fingerprint density at radius 2 is 1.41 bits per heavy atom. The lowest BCUT2D eigenvalue weighted by Gasteiger charge is -2.35. The van der Waals surface area contributed by atoms with Crippen LogP contribution in [0.2, 0.25) is 0 Å². The van der Waals surface area contributed by atoms with E-state index in [1.165, 1.54) is 48.2 Å². The largest absolute Gasteiger partial charge is 0.325 e. The van der Waals surface area contributed by atoms with E-state index in [1.807, 2.05) is 0 Å². The number of anilines is 2. The number of benzene rings is 2. The van der Waals surface area contributed by atoms with E-state index in [0.29, 0.717) is 6.17 Å². The predicted octanol–water partition coefficient (Wildman–Crippen LogP) is 4.41. The molecule has 0 spiro atoms. The molecule has 114 valence electrons. The molecule has 2 nitrogen and oxygen atoms in total. The Hall–Kier alpha value is -1.80. The topological polar surface area (TPSA) is 15.3 Å². The molecule has 2 aromatic rings. The molecule has 1 saturated heterocycles. The highest BCUT2D eigenvalue weighted by Crippen LogP contribution is 2.38. The second-order valence-electron chi connectivity index (χ2n) is 6.45. The highest BCUT2D eigenvalue weighted by atomic mass is 15.3. The van der Waals surface area contributed by atoms with Crippen molar-refractivity contribution >= 4 is 11.4 Å². The number of nitrogens with zero attached hydrogens (tertiary/aromatic N) is 1. The summed E-state index contributed by atoms with van der Waals surface area (Å²) < 4.78 is 0. The zero-order chi connectivity index (χ0) is 14.8. The molecular weight excluding hydrogens is 268 g/mol. The van der Waals surface area contributed by atoms with E-state index in [9.17, 15) is 0 Å². The summed E-state index contributed by atoms with van der Waals surface area (Å²) in [7, 11) is 0. The minimum atomic E-state index is 0.419. The zero-order valence-electron chi connectivity index (χ0n) is 13.1. The minimum absolute atomic E-state index is 0.419. The third-order valence-electron chi connectivity index (χ3n) is 5.01. The number of para-hydroxylation sites is 2. The second-order valence-corrected chi connectivity index (χ2v) is 6.45. The van der Waals surface area contributed by atoms with Crippen molar-refractivity contribution in [1.82, 2.24) is 5.32 Å². The maximum Gasteiger partial charge on any atom is 0.0845 e. The number of hydrogen-bond acceptors (Lipinski definition) is 2. The highest BCUT2D eigenvalue weighted by Gasteiger charge is 2.26. The summed E-state index contributed by atoms with van der Waals surface area (Å²) in [4.78, 5) is 2.57. The van der Waals surface area contributed by atoms with E-state index in [0.717, 1.165) is 19.4 Å². The van der Waals surface area contributed by atoms with E-state index < -0.39 is 0 Å². The van der Waals surface area contributed by atoms with Gasteiger partial charge < -0.3 is 4.90 Å². The van der Waals surface area contributed by atoms with Crippen LogP contribution >= 0.6 is 0 Å². The lowest BCUT2D eigenvalue weighted by atomic mass is 10.0. The summed E-state index contributed by atoms with van der Waals surface area (Å²) in [6.45, 7) is 1.13. The maximum atomic E-state index is 3.79. The molecule has 0 saturated carbocycles. The van der Waals surface area contributed by atoms with Crippen LogP contribution in [-0.2, 0) is 12.8 Å². The van der Waals surface area contributed by atoms with E-state index in [-0.39, 0.29) is 0 Å². The Bertz CT molecular complexity index is 594. The third-order valence-corrected chi connectivity index (χ3v) is 5.01. The van der Waals surface area contributed by atoms with Crippen LogP contribution in [0.1, 0.15) is 36.8 Å².